The first-order valence-electron chi connectivity index (χ1n) is 13.4. The fourth-order valence-electron chi connectivity index (χ4n) is 6.54. The summed E-state index contributed by atoms with van der Waals surface area (Å²) in [7, 11) is 1.13. The highest BCUT2D eigenvalue weighted by Crippen LogP contribution is 2.65. The number of benzene rings is 1. The average Bonchev–Trinajstić information content (AvgIpc) is 3.18. The first-order chi connectivity index (χ1) is 17.4. The molecule has 1 saturated heterocycles. The van der Waals surface area contributed by atoms with Crippen molar-refractivity contribution in [2.75, 3.05) is 20.2 Å². The van der Waals surface area contributed by atoms with Crippen LogP contribution in [0.4, 0.5) is 0 Å². The van der Waals surface area contributed by atoms with Crippen LogP contribution in [0.15, 0.2) is 23.3 Å². The number of para-hydroxylation sites is 1. The molecular weight excluding hydrogens is 471 g/mol. The van der Waals surface area contributed by atoms with Gasteiger partial charge in [-0.3, -0.25) is 0 Å². The maximum absolute atomic E-state index is 12.9. The number of esters is 1. The summed E-state index contributed by atoms with van der Waals surface area (Å²) in [6.45, 7) is 13.5. The lowest BCUT2D eigenvalue weighted by atomic mass is 9.43. The molecule has 2 bridgehead atoms. The summed E-state index contributed by atoms with van der Waals surface area (Å²) >= 11 is 0. The third kappa shape index (κ3) is 5.48. The van der Waals surface area contributed by atoms with Crippen LogP contribution in [-0.2, 0) is 20.5 Å². The largest absolute Gasteiger partial charge is 0.496 e. The monoisotopic (exact) mass is 512 g/mol. The highest BCUT2D eigenvalue weighted by molar-refractivity contribution is 6.47. The number of hydrogen-bond donors (Lipinski definition) is 1. The van der Waals surface area contributed by atoms with Crippen LogP contribution in [0.25, 0.3) is 10.4 Å². The molecular formula is C27H41BN4O5. The van der Waals surface area contributed by atoms with E-state index in [0.29, 0.717) is 49.1 Å². The van der Waals surface area contributed by atoms with Crippen LogP contribution in [0, 0.1) is 17.3 Å². The number of hydrogen-bond acceptors (Lipinski definition) is 7. The molecule has 1 N–H and O–H groups in total. The summed E-state index contributed by atoms with van der Waals surface area (Å²) in [5.41, 5.74) is 9.20. The van der Waals surface area contributed by atoms with Crippen LogP contribution in [0.2, 0.25) is 0 Å². The zero-order valence-electron chi connectivity index (χ0n) is 23.2. The molecule has 0 spiro atoms. The lowest BCUT2D eigenvalue weighted by Crippen LogP contribution is -2.65. The quantitative estimate of drug-likeness (QED) is 0.116. The predicted octanol–water partition coefficient (Wildman–Crippen LogP) is 5.12. The summed E-state index contributed by atoms with van der Waals surface area (Å²) in [6.07, 6.45) is 3.49. The van der Waals surface area contributed by atoms with Crippen molar-refractivity contribution in [2.24, 2.45) is 22.4 Å². The minimum atomic E-state index is -0.611. The second-order valence-electron chi connectivity index (χ2n) is 12.4. The van der Waals surface area contributed by atoms with E-state index in [4.69, 9.17) is 24.3 Å². The predicted molar refractivity (Wildman–Crippen MR) is 142 cm³/mol. The number of azide groups is 1. The topological polar surface area (TPSA) is 115 Å². The minimum Gasteiger partial charge on any atom is -0.496 e. The highest BCUT2D eigenvalue weighted by Gasteiger charge is 2.68. The van der Waals surface area contributed by atoms with E-state index in [-0.39, 0.29) is 23.1 Å². The minimum absolute atomic E-state index is 0.0664. The zero-order valence-corrected chi connectivity index (χ0v) is 23.2. The van der Waals surface area contributed by atoms with Crippen molar-refractivity contribution in [1.82, 2.24) is 5.32 Å². The second-order valence-corrected chi connectivity index (χ2v) is 12.4. The maximum atomic E-state index is 12.9. The van der Waals surface area contributed by atoms with E-state index in [1.54, 1.807) is 13.2 Å². The summed E-state index contributed by atoms with van der Waals surface area (Å²) < 4.78 is 24.7. The van der Waals surface area contributed by atoms with E-state index in [1.807, 2.05) is 32.9 Å². The Morgan fingerprint density at radius 3 is 2.73 bits per heavy atom. The maximum Gasteiger partial charge on any atom is 0.476 e. The van der Waals surface area contributed by atoms with Crippen molar-refractivity contribution in [3.63, 3.8) is 0 Å². The van der Waals surface area contributed by atoms with Crippen LogP contribution >= 0.6 is 0 Å². The molecule has 1 aliphatic heterocycles. The number of nitrogens with one attached hydrogen (secondary N) is 1. The van der Waals surface area contributed by atoms with Gasteiger partial charge in [-0.1, -0.05) is 31.1 Å². The number of carbonyl (C=O) groups excluding carboxylic acids is 1. The number of nitrogens with zero attached hydrogens (tertiary/aromatic N) is 3. The molecule has 5 rings (SSSR count). The summed E-state index contributed by atoms with van der Waals surface area (Å²) in [5.74, 6) is 1.03. The van der Waals surface area contributed by atoms with E-state index in [0.717, 1.165) is 12.0 Å². The van der Waals surface area contributed by atoms with Gasteiger partial charge in [0.2, 0.25) is 0 Å². The lowest BCUT2D eigenvalue weighted by Gasteiger charge is -2.64. The Kier molecular flexibility index (Phi) is 7.87. The Balaban J connectivity index is 1.57. The summed E-state index contributed by atoms with van der Waals surface area (Å²) in [6, 6.07) is 5.54. The van der Waals surface area contributed by atoms with Gasteiger partial charge < -0.3 is 24.1 Å². The molecule has 1 aromatic carbocycles. The number of rotatable bonds is 10. The molecule has 10 heteroatoms. The third-order valence-corrected chi connectivity index (χ3v) is 8.56. The summed E-state index contributed by atoms with van der Waals surface area (Å²) in [4.78, 5) is 15.8. The van der Waals surface area contributed by atoms with Gasteiger partial charge in [0, 0.05) is 17.4 Å². The molecule has 0 unspecified atom stereocenters. The van der Waals surface area contributed by atoms with Gasteiger partial charge in [-0.2, -0.15) is 0 Å². The van der Waals surface area contributed by atoms with Gasteiger partial charge in [0.15, 0.2) is 0 Å². The Labute approximate surface area is 220 Å². The van der Waals surface area contributed by atoms with Crippen LogP contribution in [-0.4, -0.2) is 56.5 Å². The van der Waals surface area contributed by atoms with Crippen LogP contribution in [0.3, 0.4) is 0 Å². The Morgan fingerprint density at radius 1 is 1.32 bits per heavy atom. The van der Waals surface area contributed by atoms with Crippen molar-refractivity contribution in [3.05, 3.63) is 39.8 Å². The molecule has 3 aliphatic carbocycles. The van der Waals surface area contributed by atoms with Gasteiger partial charge in [-0.05, 0) is 94.3 Å². The molecule has 0 amide bonds. The van der Waals surface area contributed by atoms with Gasteiger partial charge >= 0.3 is 13.1 Å². The standard InChI is InChI=1S/C27H41BN4O5/c1-25(2,3)35-24(33)19-11-8-10-17(23(19)34-7)14-22(30-12-9-13-31-32-29)28-36-21-16-18-15-20(26(18,4)5)27(21,6)37-28/h8,10-11,18,20-22,30H,9,12-16H2,1-7H3/t18-,20-,21+,22-,27-/m0/s1. The number of carbonyl (C=O) groups is 1. The smallest absolute Gasteiger partial charge is 0.476 e. The van der Waals surface area contributed by atoms with Gasteiger partial charge in [0.1, 0.15) is 16.9 Å². The molecule has 1 aromatic rings. The fraction of sp³-hybridized carbons (Fsp3) is 0.741. The van der Waals surface area contributed by atoms with Gasteiger partial charge in [0.05, 0.1) is 18.8 Å². The molecule has 4 fully saturated rings. The fourth-order valence-corrected chi connectivity index (χ4v) is 6.54. The Hall–Kier alpha value is -2.26. The molecule has 3 saturated carbocycles. The van der Waals surface area contributed by atoms with Crippen LogP contribution < -0.4 is 10.1 Å². The van der Waals surface area contributed by atoms with E-state index in [1.165, 1.54) is 6.42 Å². The Bertz CT molecular complexity index is 1050. The van der Waals surface area contributed by atoms with Crippen molar-refractivity contribution in [3.8, 4) is 5.75 Å². The van der Waals surface area contributed by atoms with Crippen molar-refractivity contribution in [1.29, 1.82) is 0 Å². The van der Waals surface area contributed by atoms with Gasteiger partial charge in [-0.25, -0.2) is 4.79 Å². The number of methoxy groups -OCH3 is 1. The second kappa shape index (κ2) is 10.5. The molecule has 9 nitrogen and oxygen atoms in total. The summed E-state index contributed by atoms with van der Waals surface area (Å²) in [5, 5.41) is 7.22. The van der Waals surface area contributed by atoms with E-state index in [9.17, 15) is 4.79 Å². The third-order valence-electron chi connectivity index (χ3n) is 8.56. The SMILES string of the molecule is COc1c(C[C@H](NCCCN=[N+]=[N-])B2O[C@@H]3C[C@@H]4C[C@@H](C4(C)C)[C@]3(C)O2)cccc1C(=O)OC(C)(C)C. The van der Waals surface area contributed by atoms with Crippen molar-refractivity contribution in [2.45, 2.75) is 90.5 Å². The highest BCUT2D eigenvalue weighted by atomic mass is 16.7. The van der Waals surface area contributed by atoms with E-state index < -0.39 is 18.7 Å². The van der Waals surface area contributed by atoms with E-state index >= 15 is 0 Å². The molecule has 202 valence electrons. The molecule has 37 heavy (non-hydrogen) atoms. The van der Waals surface area contributed by atoms with Crippen LogP contribution in [0.5, 0.6) is 5.75 Å². The van der Waals surface area contributed by atoms with Crippen LogP contribution in [0.1, 0.15) is 76.7 Å². The number of ether oxygens (including phenoxy) is 2. The molecule has 1 heterocycles. The molecule has 5 atom stereocenters. The molecule has 0 radical (unpaired) electrons. The Morgan fingerprint density at radius 2 is 2.08 bits per heavy atom. The van der Waals surface area contributed by atoms with E-state index in [2.05, 4.69) is 36.1 Å². The zero-order chi connectivity index (χ0) is 27.0. The first kappa shape index (κ1) is 27.8. The normalized spacial score (nSPS) is 28.5. The molecule has 0 aromatic heterocycles. The van der Waals surface area contributed by atoms with Crippen molar-refractivity contribution >= 4 is 13.1 Å². The lowest BCUT2D eigenvalue weighted by molar-refractivity contribution is -0.199. The van der Waals surface area contributed by atoms with Crippen molar-refractivity contribution < 1.29 is 23.6 Å². The first-order valence-corrected chi connectivity index (χ1v) is 13.4. The molecule has 4 aliphatic rings. The van der Waals surface area contributed by atoms with Gasteiger partial charge in [0.25, 0.3) is 0 Å². The average molecular weight is 512 g/mol. The van der Waals surface area contributed by atoms with Gasteiger partial charge in [-0.15, -0.1) is 0 Å².